The second-order valence-electron chi connectivity index (χ2n) is 4.46. The average Bonchev–Trinajstić information content (AvgIpc) is 2.20. The Labute approximate surface area is 101 Å². The third-order valence-corrected chi connectivity index (χ3v) is 3.04. The molecule has 1 N–H and O–H groups in total. The van der Waals surface area contributed by atoms with Crippen molar-refractivity contribution in [3.8, 4) is 0 Å². The summed E-state index contributed by atoms with van der Waals surface area (Å²) >= 11 is 0. The van der Waals surface area contributed by atoms with Gasteiger partial charge in [0, 0.05) is 36.5 Å². The number of aliphatic carboxylic acids is 1. The molecule has 94 valence electrons. The smallest absolute Gasteiger partial charge is 0.303 e. The molecular formula is C13H19NO3. The normalized spacial score (nSPS) is 12.4. The van der Waals surface area contributed by atoms with Crippen LogP contribution in [-0.2, 0) is 11.3 Å². The largest absolute Gasteiger partial charge is 0.481 e. The molecule has 1 atom stereocenters. The molecule has 1 heterocycles. The van der Waals surface area contributed by atoms with Gasteiger partial charge in [0.2, 0.25) is 0 Å². The van der Waals surface area contributed by atoms with E-state index in [0.29, 0.717) is 6.54 Å². The van der Waals surface area contributed by atoms with Crippen molar-refractivity contribution in [2.45, 2.75) is 40.2 Å². The van der Waals surface area contributed by atoms with E-state index in [1.807, 2.05) is 25.3 Å². The van der Waals surface area contributed by atoms with Crippen molar-refractivity contribution >= 4 is 5.97 Å². The minimum absolute atomic E-state index is 0.00235. The van der Waals surface area contributed by atoms with E-state index in [1.54, 1.807) is 12.1 Å². The third kappa shape index (κ3) is 3.73. The van der Waals surface area contributed by atoms with Gasteiger partial charge >= 0.3 is 5.97 Å². The molecule has 0 fully saturated rings. The topological polar surface area (TPSA) is 59.3 Å². The van der Waals surface area contributed by atoms with Crippen LogP contribution in [0.5, 0.6) is 0 Å². The summed E-state index contributed by atoms with van der Waals surface area (Å²) < 4.78 is 2.01. The molecule has 0 bridgehead atoms. The van der Waals surface area contributed by atoms with Gasteiger partial charge in [-0.1, -0.05) is 13.3 Å². The predicted molar refractivity (Wildman–Crippen MR) is 66.2 cm³/mol. The van der Waals surface area contributed by atoms with Crippen LogP contribution in [0.25, 0.3) is 0 Å². The van der Waals surface area contributed by atoms with E-state index >= 15 is 0 Å². The molecular weight excluding hydrogens is 218 g/mol. The van der Waals surface area contributed by atoms with Crippen LogP contribution in [0.3, 0.4) is 0 Å². The Morgan fingerprint density at radius 2 is 1.88 bits per heavy atom. The minimum atomic E-state index is -0.770. The number of pyridine rings is 1. The minimum Gasteiger partial charge on any atom is -0.481 e. The molecule has 0 aliphatic rings. The van der Waals surface area contributed by atoms with Gasteiger partial charge in [-0.25, -0.2) is 0 Å². The Kier molecular flexibility index (Phi) is 4.49. The van der Waals surface area contributed by atoms with Crippen LogP contribution >= 0.6 is 0 Å². The van der Waals surface area contributed by atoms with E-state index < -0.39 is 5.97 Å². The molecule has 0 spiro atoms. The van der Waals surface area contributed by atoms with Crippen LogP contribution in [-0.4, -0.2) is 15.6 Å². The maximum absolute atomic E-state index is 11.3. The van der Waals surface area contributed by atoms with Crippen molar-refractivity contribution in [2.24, 2.45) is 5.92 Å². The lowest BCUT2D eigenvalue weighted by molar-refractivity contribution is -0.138. The quantitative estimate of drug-likeness (QED) is 0.851. The van der Waals surface area contributed by atoms with Crippen molar-refractivity contribution in [3.63, 3.8) is 0 Å². The predicted octanol–water partition coefficient (Wildman–Crippen LogP) is 1.97. The van der Waals surface area contributed by atoms with E-state index in [1.165, 1.54) is 0 Å². The summed E-state index contributed by atoms with van der Waals surface area (Å²) in [5.41, 5.74) is 1.78. The molecule has 4 nitrogen and oxygen atoms in total. The molecule has 0 saturated heterocycles. The van der Waals surface area contributed by atoms with Crippen LogP contribution in [0, 0.1) is 19.8 Å². The fourth-order valence-corrected chi connectivity index (χ4v) is 2.02. The average molecular weight is 237 g/mol. The molecule has 0 radical (unpaired) electrons. The van der Waals surface area contributed by atoms with Crippen LogP contribution in [0.15, 0.2) is 16.9 Å². The summed E-state index contributed by atoms with van der Waals surface area (Å²) in [5, 5.41) is 8.82. The SMILES string of the molecule is CCC(CC(=O)O)Cn1c(C)cc(=O)cc1C. The molecule has 17 heavy (non-hydrogen) atoms. The molecule has 0 aliphatic carbocycles. The monoisotopic (exact) mass is 237 g/mol. The van der Waals surface area contributed by atoms with E-state index in [9.17, 15) is 9.59 Å². The van der Waals surface area contributed by atoms with Gasteiger partial charge in [0.05, 0.1) is 0 Å². The zero-order chi connectivity index (χ0) is 13.0. The molecule has 0 amide bonds. The van der Waals surface area contributed by atoms with Gasteiger partial charge in [-0.05, 0) is 19.8 Å². The number of hydrogen-bond acceptors (Lipinski definition) is 2. The number of nitrogens with zero attached hydrogens (tertiary/aromatic N) is 1. The highest BCUT2D eigenvalue weighted by Gasteiger charge is 2.13. The summed E-state index contributed by atoms with van der Waals surface area (Å²) in [6, 6.07) is 3.17. The summed E-state index contributed by atoms with van der Waals surface area (Å²) in [5.74, 6) is -0.666. The van der Waals surface area contributed by atoms with Gasteiger partial charge in [0.1, 0.15) is 0 Å². The van der Waals surface area contributed by atoms with Crippen LogP contribution < -0.4 is 5.43 Å². The van der Waals surface area contributed by atoms with Crippen LogP contribution in [0.1, 0.15) is 31.2 Å². The Bertz CT molecular complexity index is 436. The Morgan fingerprint density at radius 3 is 2.29 bits per heavy atom. The fraction of sp³-hybridized carbons (Fsp3) is 0.538. The first kappa shape index (κ1) is 13.5. The van der Waals surface area contributed by atoms with Gasteiger partial charge in [-0.3, -0.25) is 9.59 Å². The number of rotatable bonds is 5. The molecule has 1 aromatic heterocycles. The maximum Gasteiger partial charge on any atom is 0.303 e. The highest BCUT2D eigenvalue weighted by atomic mass is 16.4. The first-order valence-electron chi connectivity index (χ1n) is 5.84. The van der Waals surface area contributed by atoms with E-state index in [2.05, 4.69) is 0 Å². The number of carboxylic acid groups (broad SMARTS) is 1. The summed E-state index contributed by atoms with van der Waals surface area (Å²) in [4.78, 5) is 22.0. The van der Waals surface area contributed by atoms with Gasteiger partial charge in [0.25, 0.3) is 0 Å². The van der Waals surface area contributed by atoms with Gasteiger partial charge in [-0.2, -0.15) is 0 Å². The molecule has 1 rings (SSSR count). The fourth-order valence-electron chi connectivity index (χ4n) is 2.02. The third-order valence-electron chi connectivity index (χ3n) is 3.04. The van der Waals surface area contributed by atoms with Gasteiger partial charge < -0.3 is 9.67 Å². The van der Waals surface area contributed by atoms with Crippen LogP contribution in [0.4, 0.5) is 0 Å². The maximum atomic E-state index is 11.3. The highest BCUT2D eigenvalue weighted by molar-refractivity contribution is 5.66. The van der Waals surface area contributed by atoms with Crippen molar-refractivity contribution in [3.05, 3.63) is 33.7 Å². The van der Waals surface area contributed by atoms with Crippen molar-refractivity contribution < 1.29 is 9.90 Å². The number of aromatic nitrogens is 1. The highest BCUT2D eigenvalue weighted by Crippen LogP contribution is 2.14. The Morgan fingerprint density at radius 1 is 1.35 bits per heavy atom. The van der Waals surface area contributed by atoms with E-state index in [0.717, 1.165) is 17.8 Å². The molecule has 1 unspecified atom stereocenters. The van der Waals surface area contributed by atoms with Crippen molar-refractivity contribution in [2.75, 3.05) is 0 Å². The van der Waals surface area contributed by atoms with E-state index in [-0.39, 0.29) is 17.8 Å². The summed E-state index contributed by atoms with van der Waals surface area (Å²) in [6.45, 7) is 6.39. The van der Waals surface area contributed by atoms with Crippen molar-refractivity contribution in [1.29, 1.82) is 0 Å². The summed E-state index contributed by atoms with van der Waals surface area (Å²) in [7, 11) is 0. The second-order valence-corrected chi connectivity index (χ2v) is 4.46. The Hall–Kier alpha value is -1.58. The first-order chi connectivity index (χ1) is 7.93. The number of carboxylic acids is 1. The zero-order valence-electron chi connectivity index (χ0n) is 10.6. The van der Waals surface area contributed by atoms with Crippen LogP contribution in [0.2, 0.25) is 0 Å². The standard InChI is InChI=1S/C13H19NO3/c1-4-11(7-13(16)17)8-14-9(2)5-12(15)6-10(14)3/h5-6,11H,4,7-8H2,1-3H3,(H,16,17). The first-order valence-corrected chi connectivity index (χ1v) is 5.84. The Balaban J connectivity index is 2.93. The van der Waals surface area contributed by atoms with Crippen molar-refractivity contribution in [1.82, 2.24) is 4.57 Å². The molecule has 4 heteroatoms. The summed E-state index contributed by atoms with van der Waals surface area (Å²) in [6.07, 6.45) is 0.985. The lowest BCUT2D eigenvalue weighted by Crippen LogP contribution is -2.19. The molecule has 0 aromatic carbocycles. The number of aryl methyl sites for hydroxylation is 2. The second kappa shape index (κ2) is 5.66. The number of carbonyl (C=O) groups is 1. The van der Waals surface area contributed by atoms with Gasteiger partial charge in [0.15, 0.2) is 5.43 Å². The lowest BCUT2D eigenvalue weighted by atomic mass is 10.0. The molecule has 0 saturated carbocycles. The lowest BCUT2D eigenvalue weighted by Gasteiger charge is -2.19. The van der Waals surface area contributed by atoms with E-state index in [4.69, 9.17) is 5.11 Å². The van der Waals surface area contributed by atoms with Gasteiger partial charge in [-0.15, -0.1) is 0 Å². The molecule has 0 aliphatic heterocycles. The zero-order valence-corrected chi connectivity index (χ0v) is 10.6. The number of hydrogen-bond donors (Lipinski definition) is 1. The molecule has 1 aromatic rings.